The second-order valence-corrected chi connectivity index (χ2v) is 7.70. The van der Waals surface area contributed by atoms with Crippen molar-refractivity contribution >= 4 is 11.4 Å². The summed E-state index contributed by atoms with van der Waals surface area (Å²) in [6, 6.07) is 11.2. The molecule has 94 valence electrons. The van der Waals surface area contributed by atoms with E-state index >= 15 is 0 Å². The molecule has 3 heteroatoms. The van der Waals surface area contributed by atoms with E-state index in [9.17, 15) is 4.55 Å². The van der Waals surface area contributed by atoms with Gasteiger partial charge in [0.05, 0.1) is 6.04 Å². The van der Waals surface area contributed by atoms with Crippen LogP contribution >= 0.6 is 0 Å². The summed E-state index contributed by atoms with van der Waals surface area (Å²) >= 11 is -0.905. The normalized spacial score (nSPS) is 30.1. The molecule has 1 heterocycles. The zero-order valence-corrected chi connectivity index (χ0v) is 11.8. The van der Waals surface area contributed by atoms with Crippen molar-refractivity contribution in [1.29, 1.82) is 0 Å². The summed E-state index contributed by atoms with van der Waals surface area (Å²) in [5, 5.41) is 0. The van der Waals surface area contributed by atoms with Gasteiger partial charge in [-0.3, -0.25) is 0 Å². The lowest BCUT2D eigenvalue weighted by Crippen LogP contribution is -2.34. The van der Waals surface area contributed by atoms with Gasteiger partial charge in [-0.25, -0.2) is 0 Å². The first-order valence-electron chi connectivity index (χ1n) is 6.22. The molecule has 0 aliphatic carbocycles. The molecule has 0 spiro atoms. The molecular formula is C14H21NOS. The Morgan fingerprint density at radius 2 is 1.82 bits per heavy atom. The van der Waals surface area contributed by atoms with Gasteiger partial charge >= 0.3 is 0 Å². The summed E-state index contributed by atoms with van der Waals surface area (Å²) in [5.74, 6) is 0. The van der Waals surface area contributed by atoms with Crippen LogP contribution in [0.3, 0.4) is 0 Å². The smallest absolute Gasteiger partial charge is 0.137 e. The Bertz CT molecular complexity index is 374. The number of hydrogen-bond acceptors (Lipinski definition) is 2. The number of benzene rings is 1. The third kappa shape index (κ3) is 2.51. The van der Waals surface area contributed by atoms with Crippen molar-refractivity contribution in [2.45, 2.75) is 50.9 Å². The molecule has 0 amide bonds. The summed E-state index contributed by atoms with van der Waals surface area (Å²) < 4.78 is 14.4. The molecule has 1 aliphatic heterocycles. The minimum absolute atomic E-state index is 0.170. The predicted molar refractivity (Wildman–Crippen MR) is 73.0 cm³/mol. The Morgan fingerprint density at radius 3 is 2.29 bits per heavy atom. The Hall–Kier alpha value is -0.510. The van der Waals surface area contributed by atoms with E-state index in [1.165, 1.54) is 5.56 Å². The van der Waals surface area contributed by atoms with E-state index in [0.717, 1.165) is 6.42 Å². The van der Waals surface area contributed by atoms with Gasteiger partial charge in [-0.1, -0.05) is 37.3 Å². The monoisotopic (exact) mass is 251 g/mol. The van der Waals surface area contributed by atoms with Gasteiger partial charge in [-0.15, -0.1) is 4.31 Å². The van der Waals surface area contributed by atoms with Crippen LogP contribution < -0.4 is 0 Å². The highest BCUT2D eigenvalue weighted by Crippen LogP contribution is 2.49. The molecule has 0 bridgehead atoms. The van der Waals surface area contributed by atoms with Crippen molar-refractivity contribution in [2.24, 2.45) is 0 Å². The largest absolute Gasteiger partial charge is 0.597 e. The average Bonchev–Trinajstić information content (AvgIpc) is 3.02. The van der Waals surface area contributed by atoms with E-state index in [0.29, 0.717) is 12.1 Å². The van der Waals surface area contributed by atoms with E-state index in [2.05, 4.69) is 35.5 Å². The zero-order chi connectivity index (χ0) is 12.6. The number of hydrogen-bond donors (Lipinski definition) is 0. The van der Waals surface area contributed by atoms with E-state index < -0.39 is 11.4 Å². The summed E-state index contributed by atoms with van der Waals surface area (Å²) in [6.07, 6.45) is 1.06. The van der Waals surface area contributed by atoms with Gasteiger partial charge in [0.15, 0.2) is 0 Å². The molecule has 1 aliphatic rings. The lowest BCUT2D eigenvalue weighted by molar-refractivity contribution is 0.508. The van der Waals surface area contributed by atoms with Crippen LogP contribution in [0.5, 0.6) is 0 Å². The van der Waals surface area contributed by atoms with Crippen LogP contribution in [0.1, 0.15) is 45.7 Å². The Morgan fingerprint density at radius 1 is 1.24 bits per heavy atom. The van der Waals surface area contributed by atoms with Crippen molar-refractivity contribution in [3.05, 3.63) is 35.9 Å². The first-order valence-corrected chi connectivity index (χ1v) is 7.32. The topological polar surface area (TPSA) is 26.1 Å². The molecule has 0 radical (unpaired) electrons. The highest BCUT2D eigenvalue weighted by atomic mass is 32.2. The maximum atomic E-state index is 12.4. The van der Waals surface area contributed by atoms with Gasteiger partial charge < -0.3 is 4.55 Å². The lowest BCUT2D eigenvalue weighted by Gasteiger charge is -2.24. The molecular weight excluding hydrogens is 230 g/mol. The highest BCUT2D eigenvalue weighted by molar-refractivity contribution is 7.90. The molecule has 1 saturated heterocycles. The molecule has 4 atom stereocenters. The quantitative estimate of drug-likeness (QED) is 0.608. The van der Waals surface area contributed by atoms with Crippen LogP contribution in [-0.2, 0) is 11.4 Å². The summed E-state index contributed by atoms with van der Waals surface area (Å²) in [4.78, 5) is 0. The predicted octanol–water partition coefficient (Wildman–Crippen LogP) is 3.28. The first-order chi connectivity index (χ1) is 7.96. The second-order valence-electron chi connectivity index (χ2n) is 5.55. The minimum atomic E-state index is -0.905. The van der Waals surface area contributed by atoms with Crippen molar-refractivity contribution in [3.8, 4) is 0 Å². The standard InChI is InChI=1S/C14H21NOS/c1-5-12-13(11-9-7-6-8-10-11)15(12)17(16)14(2,3)4/h6-10,12-13H,5H2,1-4H3/t12-,13+,15?,17+/m0/s1. The van der Waals surface area contributed by atoms with Gasteiger partial charge in [0.1, 0.15) is 10.8 Å². The molecule has 0 aromatic heterocycles. The lowest BCUT2D eigenvalue weighted by atomic mass is 10.1. The first kappa shape index (κ1) is 12.9. The van der Waals surface area contributed by atoms with Crippen LogP contribution in [0.25, 0.3) is 0 Å². The molecule has 2 nitrogen and oxygen atoms in total. The number of rotatable bonds is 3. The SMILES string of the molecule is CC[C@H]1[C@@H](c2ccccc2)N1[S@+]([O-])C(C)(C)C. The van der Waals surface area contributed by atoms with Gasteiger partial charge in [-0.2, -0.15) is 0 Å². The molecule has 17 heavy (non-hydrogen) atoms. The van der Waals surface area contributed by atoms with Crippen LogP contribution in [0.4, 0.5) is 0 Å². The van der Waals surface area contributed by atoms with Gasteiger partial charge in [-0.05, 0) is 32.8 Å². The highest BCUT2D eigenvalue weighted by Gasteiger charge is 2.58. The Balaban J connectivity index is 2.16. The molecule has 1 fully saturated rings. The molecule has 0 N–H and O–H groups in total. The maximum absolute atomic E-state index is 12.4. The fourth-order valence-electron chi connectivity index (χ4n) is 2.22. The Labute approximate surface area is 107 Å². The maximum Gasteiger partial charge on any atom is 0.137 e. The van der Waals surface area contributed by atoms with Crippen molar-refractivity contribution in [3.63, 3.8) is 0 Å². The fraction of sp³-hybridized carbons (Fsp3) is 0.571. The minimum Gasteiger partial charge on any atom is -0.597 e. The van der Waals surface area contributed by atoms with Crippen molar-refractivity contribution in [2.75, 3.05) is 0 Å². The zero-order valence-electron chi connectivity index (χ0n) is 11.0. The Kier molecular flexibility index (Phi) is 3.53. The number of nitrogens with zero attached hydrogens (tertiary/aromatic N) is 1. The second kappa shape index (κ2) is 4.63. The van der Waals surface area contributed by atoms with Crippen LogP contribution in [-0.4, -0.2) is 19.6 Å². The molecule has 1 aromatic carbocycles. The van der Waals surface area contributed by atoms with E-state index in [1.807, 2.05) is 26.8 Å². The summed E-state index contributed by atoms with van der Waals surface area (Å²) in [7, 11) is 0. The molecule has 1 unspecified atom stereocenters. The van der Waals surface area contributed by atoms with E-state index in [1.54, 1.807) is 0 Å². The third-order valence-electron chi connectivity index (χ3n) is 3.15. The van der Waals surface area contributed by atoms with Crippen LogP contribution in [0.2, 0.25) is 0 Å². The fourth-order valence-corrected chi connectivity index (χ4v) is 3.78. The van der Waals surface area contributed by atoms with Gasteiger partial charge in [0.25, 0.3) is 0 Å². The van der Waals surface area contributed by atoms with E-state index in [-0.39, 0.29) is 4.75 Å². The van der Waals surface area contributed by atoms with Crippen LogP contribution in [0, 0.1) is 0 Å². The summed E-state index contributed by atoms with van der Waals surface area (Å²) in [6.45, 7) is 8.28. The van der Waals surface area contributed by atoms with E-state index in [4.69, 9.17) is 0 Å². The van der Waals surface area contributed by atoms with Crippen LogP contribution in [0.15, 0.2) is 30.3 Å². The molecule has 1 aromatic rings. The molecule has 0 saturated carbocycles. The third-order valence-corrected chi connectivity index (χ3v) is 5.08. The van der Waals surface area contributed by atoms with Gasteiger partial charge in [0, 0.05) is 11.4 Å². The van der Waals surface area contributed by atoms with Gasteiger partial charge in [0.2, 0.25) is 0 Å². The average molecular weight is 251 g/mol. The molecule has 2 rings (SSSR count). The summed E-state index contributed by atoms with van der Waals surface area (Å²) in [5.41, 5.74) is 1.29. The van der Waals surface area contributed by atoms with Crippen molar-refractivity contribution in [1.82, 2.24) is 4.31 Å². The van der Waals surface area contributed by atoms with Crippen molar-refractivity contribution < 1.29 is 4.55 Å².